The number of hydrogen-bond donors (Lipinski definition) is 0. The zero-order chi connectivity index (χ0) is 37.5. The van der Waals surface area contributed by atoms with Gasteiger partial charge in [-0.15, -0.1) is 11.3 Å². The van der Waals surface area contributed by atoms with Crippen LogP contribution in [-0.2, 0) is 0 Å². The molecule has 4 aromatic heterocycles. The highest BCUT2D eigenvalue weighted by Crippen LogP contribution is 2.42. The number of nitrogens with zero attached hydrogens (tertiary/aromatic N) is 4. The molecule has 57 heavy (non-hydrogen) atoms. The molecule has 0 aliphatic heterocycles. The van der Waals surface area contributed by atoms with E-state index in [9.17, 15) is 0 Å². The second kappa shape index (κ2) is 12.6. The number of para-hydroxylation sites is 3. The summed E-state index contributed by atoms with van der Waals surface area (Å²) in [5, 5.41) is 6.10. The summed E-state index contributed by atoms with van der Waals surface area (Å²) in [6.07, 6.45) is 0. The van der Waals surface area contributed by atoms with Gasteiger partial charge in [0.25, 0.3) is 0 Å². The van der Waals surface area contributed by atoms with Crippen LogP contribution in [0.5, 0.6) is 0 Å². The Morgan fingerprint density at radius 1 is 0.351 bits per heavy atom. The van der Waals surface area contributed by atoms with E-state index in [1.165, 1.54) is 48.3 Å². The molecule has 0 saturated heterocycles. The maximum absolute atomic E-state index is 5.27. The normalized spacial score (nSPS) is 11.9. The molecule has 8 aromatic carbocycles. The quantitative estimate of drug-likeness (QED) is 0.176. The van der Waals surface area contributed by atoms with Gasteiger partial charge >= 0.3 is 0 Å². The summed E-state index contributed by atoms with van der Waals surface area (Å²) in [5.41, 5.74) is 13.4. The molecule has 0 amide bonds. The fraction of sp³-hybridized carbons (Fsp3) is 0. The number of benzene rings is 8. The van der Waals surface area contributed by atoms with Crippen LogP contribution in [0.2, 0.25) is 0 Å². The predicted molar refractivity (Wildman–Crippen MR) is 240 cm³/mol. The first-order chi connectivity index (χ1) is 28.3. The highest BCUT2D eigenvalue weighted by molar-refractivity contribution is 7.26. The third-order valence-corrected chi connectivity index (χ3v) is 12.5. The first-order valence-corrected chi connectivity index (χ1v) is 20.1. The van der Waals surface area contributed by atoms with E-state index in [-0.39, 0.29) is 0 Å². The van der Waals surface area contributed by atoms with Crippen LogP contribution in [0.3, 0.4) is 0 Å². The van der Waals surface area contributed by atoms with Crippen LogP contribution < -0.4 is 0 Å². The average Bonchev–Trinajstić information content (AvgIpc) is 3.94. The third-order valence-electron chi connectivity index (χ3n) is 11.3. The highest BCUT2D eigenvalue weighted by atomic mass is 32.1. The number of hydrogen-bond acceptors (Lipinski definition) is 3. The minimum Gasteiger partial charge on any atom is -0.309 e. The van der Waals surface area contributed by atoms with E-state index >= 15 is 0 Å². The number of fused-ring (bicyclic) bond motifs is 9. The van der Waals surface area contributed by atoms with Crippen molar-refractivity contribution in [3.63, 3.8) is 0 Å². The topological polar surface area (TPSA) is 35.6 Å². The van der Waals surface area contributed by atoms with Crippen LogP contribution in [0.4, 0.5) is 0 Å². The Balaban J connectivity index is 1.07. The Hall–Kier alpha value is -7.34. The van der Waals surface area contributed by atoms with E-state index < -0.39 is 0 Å². The molecule has 4 heterocycles. The summed E-state index contributed by atoms with van der Waals surface area (Å²) in [7, 11) is 0. The molecule has 0 aliphatic carbocycles. The van der Waals surface area contributed by atoms with Crippen LogP contribution in [0.15, 0.2) is 194 Å². The van der Waals surface area contributed by atoms with Crippen molar-refractivity contribution in [2.45, 2.75) is 0 Å². The van der Waals surface area contributed by atoms with Gasteiger partial charge in [0.2, 0.25) is 0 Å². The van der Waals surface area contributed by atoms with Crippen LogP contribution in [0, 0.1) is 0 Å². The van der Waals surface area contributed by atoms with Crippen molar-refractivity contribution < 1.29 is 0 Å². The Kier molecular flexibility index (Phi) is 7.06. The minimum absolute atomic E-state index is 0.737. The van der Waals surface area contributed by atoms with Crippen LogP contribution in [-0.4, -0.2) is 19.1 Å². The van der Waals surface area contributed by atoms with Crippen molar-refractivity contribution in [3.05, 3.63) is 194 Å². The summed E-state index contributed by atoms with van der Waals surface area (Å²) >= 11 is 1.76. The van der Waals surface area contributed by atoms with Crippen LogP contribution >= 0.6 is 11.3 Å². The highest BCUT2D eigenvalue weighted by Gasteiger charge is 2.19. The van der Waals surface area contributed by atoms with Crippen molar-refractivity contribution in [2.75, 3.05) is 0 Å². The Labute approximate surface area is 332 Å². The molecule has 0 bridgehead atoms. The molecule has 0 unspecified atom stereocenters. The molecule has 0 spiro atoms. The van der Waals surface area contributed by atoms with E-state index in [0.29, 0.717) is 0 Å². The predicted octanol–water partition coefficient (Wildman–Crippen LogP) is 14.0. The Bertz CT molecular complexity index is 3470. The fourth-order valence-electron chi connectivity index (χ4n) is 8.73. The van der Waals surface area contributed by atoms with Gasteiger partial charge in [0, 0.05) is 54.1 Å². The number of rotatable bonds is 5. The smallest absolute Gasteiger partial charge is 0.160 e. The van der Waals surface area contributed by atoms with Crippen molar-refractivity contribution in [3.8, 4) is 45.1 Å². The summed E-state index contributed by atoms with van der Waals surface area (Å²) in [5.74, 6) is 0.737. The minimum atomic E-state index is 0.737. The van der Waals surface area contributed by atoms with E-state index in [1.807, 2.05) is 18.2 Å². The van der Waals surface area contributed by atoms with Gasteiger partial charge < -0.3 is 9.13 Å². The molecule has 4 nitrogen and oxygen atoms in total. The summed E-state index contributed by atoms with van der Waals surface area (Å²) in [4.78, 5) is 10.4. The van der Waals surface area contributed by atoms with Gasteiger partial charge in [-0.05, 0) is 77.9 Å². The summed E-state index contributed by atoms with van der Waals surface area (Å²) in [6, 6.07) is 69.7. The Morgan fingerprint density at radius 2 is 0.912 bits per heavy atom. The maximum atomic E-state index is 5.27. The van der Waals surface area contributed by atoms with Crippen LogP contribution in [0.1, 0.15) is 0 Å². The molecule has 266 valence electrons. The lowest BCUT2D eigenvalue weighted by molar-refractivity contribution is 1.17. The summed E-state index contributed by atoms with van der Waals surface area (Å²) < 4.78 is 7.12. The maximum Gasteiger partial charge on any atom is 0.160 e. The standard InChI is InChI=1S/C52H32N4S/c1-3-14-33(15-4-1)52-53-49(51-50(54-52)41-22-9-12-25-48(41)57-51)36-17-13-16-34(30-36)35-26-28-46-42(31-35)43-32-38(27-29-47(43)55(46)37-18-5-2-6-19-37)56-44-23-10-7-20-39(44)40-21-8-11-24-45(40)56/h1-32H. The van der Waals surface area contributed by atoms with Crippen molar-refractivity contribution in [1.29, 1.82) is 0 Å². The van der Waals surface area contributed by atoms with Gasteiger partial charge in [-0.1, -0.05) is 127 Å². The fourth-order valence-corrected chi connectivity index (χ4v) is 9.89. The molecule has 0 fully saturated rings. The molecular weight excluding hydrogens is 713 g/mol. The molecule has 0 atom stereocenters. The van der Waals surface area contributed by atoms with Crippen LogP contribution in [0.25, 0.3) is 109 Å². The average molecular weight is 745 g/mol. The zero-order valence-electron chi connectivity index (χ0n) is 30.7. The van der Waals surface area contributed by atoms with E-state index in [2.05, 4.69) is 185 Å². The number of thiophene rings is 1. The molecule has 0 N–H and O–H groups in total. The second-order valence-electron chi connectivity index (χ2n) is 14.6. The zero-order valence-corrected chi connectivity index (χ0v) is 31.5. The first kappa shape index (κ1) is 32.0. The molecule has 5 heteroatoms. The van der Waals surface area contributed by atoms with Gasteiger partial charge in [0.1, 0.15) is 0 Å². The van der Waals surface area contributed by atoms with Gasteiger partial charge in [0.15, 0.2) is 5.82 Å². The SMILES string of the molecule is c1ccc(-c2nc(-c3cccc(-c4ccc5c(c4)c4cc(-n6c7ccccc7c7ccccc76)ccc4n5-c4ccccc4)c3)c3sc4ccccc4c3n2)cc1. The second-order valence-corrected chi connectivity index (χ2v) is 15.6. The Morgan fingerprint density at radius 3 is 1.68 bits per heavy atom. The molecule has 0 aliphatic rings. The lowest BCUT2D eigenvalue weighted by Crippen LogP contribution is -1.95. The first-order valence-electron chi connectivity index (χ1n) is 19.2. The monoisotopic (exact) mass is 744 g/mol. The van der Waals surface area contributed by atoms with Crippen molar-refractivity contribution >= 4 is 75.3 Å². The lowest BCUT2D eigenvalue weighted by atomic mass is 9.99. The van der Waals surface area contributed by atoms with Crippen molar-refractivity contribution in [2.24, 2.45) is 0 Å². The van der Waals surface area contributed by atoms with Gasteiger partial charge in [0.05, 0.1) is 38.0 Å². The van der Waals surface area contributed by atoms with E-state index in [4.69, 9.17) is 9.97 Å². The van der Waals surface area contributed by atoms with Gasteiger partial charge in [-0.25, -0.2) is 9.97 Å². The van der Waals surface area contributed by atoms with Gasteiger partial charge in [-0.2, -0.15) is 0 Å². The molecule has 12 rings (SSSR count). The third kappa shape index (κ3) is 4.99. The summed E-state index contributed by atoms with van der Waals surface area (Å²) in [6.45, 7) is 0. The van der Waals surface area contributed by atoms with Crippen molar-refractivity contribution in [1.82, 2.24) is 19.1 Å². The molecular formula is C52H32N4S. The molecule has 12 aromatic rings. The van der Waals surface area contributed by atoms with E-state index in [1.54, 1.807) is 11.3 Å². The largest absolute Gasteiger partial charge is 0.309 e. The number of aromatic nitrogens is 4. The van der Waals surface area contributed by atoms with Gasteiger partial charge in [-0.3, -0.25) is 0 Å². The molecule has 0 saturated carbocycles. The van der Waals surface area contributed by atoms with E-state index in [0.717, 1.165) is 60.7 Å². The lowest BCUT2D eigenvalue weighted by Gasteiger charge is -2.10. The molecule has 0 radical (unpaired) electrons.